The van der Waals surface area contributed by atoms with Gasteiger partial charge in [0.2, 0.25) is 0 Å². The van der Waals surface area contributed by atoms with Crippen LogP contribution in [0.4, 0.5) is 0 Å². The first-order chi connectivity index (χ1) is 5.58. The van der Waals surface area contributed by atoms with E-state index < -0.39 is 0 Å². The number of rotatable bonds is 4. The van der Waals surface area contributed by atoms with Crippen LogP contribution in [0, 0.1) is 0 Å². The largest absolute Gasteiger partial charge is 0.330 e. The highest BCUT2D eigenvalue weighted by molar-refractivity contribution is 4.55. The summed E-state index contributed by atoms with van der Waals surface area (Å²) >= 11 is 0. The van der Waals surface area contributed by atoms with Crippen LogP contribution in [0.1, 0.15) is 26.7 Å². The molecule has 0 fully saturated rings. The lowest BCUT2D eigenvalue weighted by Crippen LogP contribution is -2.28. The van der Waals surface area contributed by atoms with E-state index >= 15 is 0 Å². The Morgan fingerprint density at radius 1 is 1.17 bits per heavy atom. The van der Waals surface area contributed by atoms with Gasteiger partial charge in [0.25, 0.3) is 0 Å². The molecule has 0 aromatic carbocycles. The van der Waals surface area contributed by atoms with Crippen molar-refractivity contribution in [3.8, 4) is 0 Å². The Hall–Kier alpha value is -0.160. The first-order valence-corrected chi connectivity index (χ1v) is 4.49. The second-order valence-electron chi connectivity index (χ2n) is 2.96. The fourth-order valence-corrected chi connectivity index (χ4v) is 0.430. The van der Waals surface area contributed by atoms with E-state index in [2.05, 4.69) is 0 Å². The number of hydrogen-bond donors (Lipinski definition) is 4. The van der Waals surface area contributed by atoms with Crippen LogP contribution < -0.4 is 22.9 Å². The number of hydrogen-bond acceptors (Lipinski definition) is 4. The van der Waals surface area contributed by atoms with Gasteiger partial charge in [0.05, 0.1) is 0 Å². The molecule has 0 bridgehead atoms. The van der Waals surface area contributed by atoms with Crippen LogP contribution in [0.2, 0.25) is 0 Å². The van der Waals surface area contributed by atoms with E-state index in [4.69, 9.17) is 22.9 Å². The quantitative estimate of drug-likeness (QED) is 0.457. The van der Waals surface area contributed by atoms with Crippen molar-refractivity contribution in [1.82, 2.24) is 0 Å². The van der Waals surface area contributed by atoms with Crippen molar-refractivity contribution >= 4 is 0 Å². The smallest absolute Gasteiger partial charge is 0.0160 e. The van der Waals surface area contributed by atoms with Gasteiger partial charge < -0.3 is 22.9 Å². The summed E-state index contributed by atoms with van der Waals surface area (Å²) in [7, 11) is 0. The molecule has 2 unspecified atom stereocenters. The van der Waals surface area contributed by atoms with E-state index in [0.717, 1.165) is 12.8 Å². The van der Waals surface area contributed by atoms with Crippen LogP contribution in [0.25, 0.3) is 0 Å². The lowest BCUT2D eigenvalue weighted by Gasteiger charge is -1.99. The van der Waals surface area contributed by atoms with Crippen molar-refractivity contribution in [2.45, 2.75) is 38.8 Å². The summed E-state index contributed by atoms with van der Waals surface area (Å²) in [5.41, 5.74) is 21.0. The van der Waals surface area contributed by atoms with E-state index in [0.29, 0.717) is 13.1 Å². The second kappa shape index (κ2) is 10.8. The maximum absolute atomic E-state index is 5.35. The van der Waals surface area contributed by atoms with E-state index in [1.165, 1.54) is 0 Å². The van der Waals surface area contributed by atoms with Crippen LogP contribution in [0.15, 0.2) is 0 Å². The Labute approximate surface area is 75.7 Å². The Balaban J connectivity index is 0. The molecule has 0 rings (SSSR count). The maximum atomic E-state index is 5.35. The summed E-state index contributed by atoms with van der Waals surface area (Å²) in [5, 5.41) is 0. The molecule has 4 heteroatoms. The summed E-state index contributed by atoms with van der Waals surface area (Å²) < 4.78 is 0. The highest BCUT2D eigenvalue weighted by Crippen LogP contribution is 1.77. The fraction of sp³-hybridized carbons (Fsp3) is 1.00. The lowest BCUT2D eigenvalue weighted by atomic mass is 10.2. The van der Waals surface area contributed by atoms with Crippen molar-refractivity contribution in [3.63, 3.8) is 0 Å². The molecule has 0 aromatic rings. The molecule has 0 spiro atoms. The third kappa shape index (κ3) is 16.4. The first-order valence-electron chi connectivity index (χ1n) is 4.49. The summed E-state index contributed by atoms with van der Waals surface area (Å²) in [6.07, 6.45) is 1.91. The summed E-state index contributed by atoms with van der Waals surface area (Å²) in [6.45, 7) is 5.29. The molecule has 12 heavy (non-hydrogen) atoms. The van der Waals surface area contributed by atoms with E-state index in [1.807, 2.05) is 13.8 Å². The van der Waals surface area contributed by atoms with Crippen LogP contribution in [0.3, 0.4) is 0 Å². The Morgan fingerprint density at radius 2 is 1.67 bits per heavy atom. The fourth-order valence-electron chi connectivity index (χ4n) is 0.430. The standard InChI is InChI=1S/2C4H12N2/c1-4(6)2-3-5;1-2-4(6)3-5/h2*4H,2-3,5-6H2,1H3. The normalized spacial score (nSPS) is 14.5. The molecule has 0 aliphatic heterocycles. The van der Waals surface area contributed by atoms with Gasteiger partial charge in [-0.1, -0.05) is 6.92 Å². The molecule has 0 heterocycles. The molecule has 0 amide bonds. The van der Waals surface area contributed by atoms with E-state index in [1.54, 1.807) is 0 Å². The van der Waals surface area contributed by atoms with Gasteiger partial charge in [-0.3, -0.25) is 0 Å². The predicted octanol–water partition coefficient (Wildman–Crippen LogP) is -0.635. The van der Waals surface area contributed by atoms with Crippen LogP contribution in [0.5, 0.6) is 0 Å². The zero-order valence-electron chi connectivity index (χ0n) is 8.29. The van der Waals surface area contributed by atoms with Crippen molar-refractivity contribution in [2.24, 2.45) is 22.9 Å². The Kier molecular flexibility index (Phi) is 13.0. The molecule has 2 atom stereocenters. The second-order valence-corrected chi connectivity index (χ2v) is 2.96. The zero-order chi connectivity index (χ0) is 9.98. The highest BCUT2D eigenvalue weighted by atomic mass is 14.7. The first kappa shape index (κ1) is 14.4. The van der Waals surface area contributed by atoms with Crippen molar-refractivity contribution in [3.05, 3.63) is 0 Å². The topological polar surface area (TPSA) is 104 Å². The lowest BCUT2D eigenvalue weighted by molar-refractivity contribution is 0.660. The zero-order valence-corrected chi connectivity index (χ0v) is 8.29. The van der Waals surface area contributed by atoms with Gasteiger partial charge in [-0.05, 0) is 26.3 Å². The minimum absolute atomic E-state index is 0.213. The molecule has 0 aliphatic rings. The third-order valence-corrected chi connectivity index (χ3v) is 1.45. The molecule has 0 aliphatic carbocycles. The van der Waals surface area contributed by atoms with Gasteiger partial charge in [-0.25, -0.2) is 0 Å². The Morgan fingerprint density at radius 3 is 1.67 bits per heavy atom. The third-order valence-electron chi connectivity index (χ3n) is 1.45. The molecule has 0 saturated carbocycles. The average Bonchev–Trinajstić information content (AvgIpc) is 2.04. The van der Waals surface area contributed by atoms with Crippen molar-refractivity contribution in [1.29, 1.82) is 0 Å². The summed E-state index contributed by atoms with van der Waals surface area (Å²) in [6, 6.07) is 0.486. The molecular weight excluding hydrogens is 152 g/mol. The molecule has 76 valence electrons. The average molecular weight is 176 g/mol. The van der Waals surface area contributed by atoms with E-state index in [-0.39, 0.29) is 12.1 Å². The molecule has 8 N–H and O–H groups in total. The highest BCUT2D eigenvalue weighted by Gasteiger charge is 1.89. The predicted molar refractivity (Wildman–Crippen MR) is 54.6 cm³/mol. The van der Waals surface area contributed by atoms with E-state index in [9.17, 15) is 0 Å². The minimum atomic E-state index is 0.213. The van der Waals surface area contributed by atoms with Gasteiger partial charge in [0.1, 0.15) is 0 Å². The summed E-state index contributed by atoms with van der Waals surface area (Å²) in [4.78, 5) is 0. The number of nitrogens with two attached hydrogens (primary N) is 4. The van der Waals surface area contributed by atoms with Gasteiger partial charge >= 0.3 is 0 Å². The van der Waals surface area contributed by atoms with Gasteiger partial charge in [-0.15, -0.1) is 0 Å². The van der Waals surface area contributed by atoms with Crippen LogP contribution in [-0.4, -0.2) is 25.2 Å². The monoisotopic (exact) mass is 176 g/mol. The Bertz CT molecular complexity index is 71.5. The van der Waals surface area contributed by atoms with Gasteiger partial charge in [-0.2, -0.15) is 0 Å². The van der Waals surface area contributed by atoms with Gasteiger partial charge in [0.15, 0.2) is 0 Å². The molecule has 0 radical (unpaired) electrons. The minimum Gasteiger partial charge on any atom is -0.330 e. The summed E-state index contributed by atoms with van der Waals surface area (Å²) in [5.74, 6) is 0. The maximum Gasteiger partial charge on any atom is 0.0160 e. The van der Waals surface area contributed by atoms with Gasteiger partial charge in [0, 0.05) is 18.6 Å². The van der Waals surface area contributed by atoms with Crippen molar-refractivity contribution in [2.75, 3.05) is 13.1 Å². The van der Waals surface area contributed by atoms with Crippen molar-refractivity contribution < 1.29 is 0 Å². The van der Waals surface area contributed by atoms with Crippen LogP contribution in [-0.2, 0) is 0 Å². The molecule has 4 nitrogen and oxygen atoms in total. The molecule has 0 aromatic heterocycles. The SMILES string of the molecule is CC(N)CCN.CCC(N)CN. The molecular formula is C8H24N4. The van der Waals surface area contributed by atoms with Crippen LogP contribution >= 0.6 is 0 Å². The molecule has 0 saturated heterocycles.